The van der Waals surface area contributed by atoms with Crippen LogP contribution in [0.3, 0.4) is 0 Å². The van der Waals surface area contributed by atoms with E-state index < -0.39 is 0 Å². The molecule has 0 radical (unpaired) electrons. The number of methoxy groups -OCH3 is 1. The van der Waals surface area contributed by atoms with Crippen molar-refractivity contribution in [1.82, 2.24) is 15.3 Å². The lowest BCUT2D eigenvalue weighted by Gasteiger charge is -2.30. The molecule has 1 amide bonds. The quantitative estimate of drug-likeness (QED) is 0.700. The summed E-state index contributed by atoms with van der Waals surface area (Å²) in [6, 6.07) is 16.2. The van der Waals surface area contributed by atoms with Gasteiger partial charge in [-0.2, -0.15) is 0 Å². The minimum Gasteiger partial charge on any atom is -0.497 e. The number of anilines is 2. The molecule has 0 saturated carbocycles. The van der Waals surface area contributed by atoms with Gasteiger partial charge >= 0.3 is 0 Å². The first-order valence-electron chi connectivity index (χ1n) is 9.83. The van der Waals surface area contributed by atoms with Gasteiger partial charge in [-0.1, -0.05) is 30.3 Å². The Bertz CT molecular complexity index is 988. The Balaban J connectivity index is 1.37. The van der Waals surface area contributed by atoms with Gasteiger partial charge < -0.3 is 15.0 Å². The lowest BCUT2D eigenvalue weighted by Crippen LogP contribution is -2.28. The summed E-state index contributed by atoms with van der Waals surface area (Å²) in [6.45, 7) is 1.42. The zero-order valence-electron chi connectivity index (χ0n) is 16.5. The second-order valence-corrected chi connectivity index (χ2v) is 7.00. The summed E-state index contributed by atoms with van der Waals surface area (Å²) in [6.07, 6.45) is 6.10. The topological polar surface area (TPSA) is 67.3 Å². The van der Waals surface area contributed by atoms with Crippen molar-refractivity contribution in [3.05, 3.63) is 77.7 Å². The van der Waals surface area contributed by atoms with Gasteiger partial charge in [-0.05, 0) is 48.6 Å². The molecule has 0 bridgehead atoms. The van der Waals surface area contributed by atoms with E-state index in [0.717, 1.165) is 42.9 Å². The summed E-state index contributed by atoms with van der Waals surface area (Å²) < 4.78 is 5.23. The molecule has 3 aromatic rings. The van der Waals surface area contributed by atoms with Gasteiger partial charge in [0.1, 0.15) is 11.4 Å². The second kappa shape index (κ2) is 8.73. The molecule has 1 aromatic heterocycles. The van der Waals surface area contributed by atoms with E-state index >= 15 is 0 Å². The SMILES string of the molecule is COc1cccc(CCNC(=O)c2cnc(N3CCCc4ccccc43)cn2)c1. The summed E-state index contributed by atoms with van der Waals surface area (Å²) in [5, 5.41) is 2.90. The number of benzene rings is 2. The minimum atomic E-state index is -0.217. The summed E-state index contributed by atoms with van der Waals surface area (Å²) in [4.78, 5) is 23.4. The van der Waals surface area contributed by atoms with Crippen LogP contribution in [0.25, 0.3) is 0 Å². The fourth-order valence-electron chi connectivity index (χ4n) is 3.59. The molecule has 0 atom stereocenters. The van der Waals surface area contributed by atoms with Crippen LogP contribution >= 0.6 is 0 Å². The molecule has 2 heterocycles. The highest BCUT2D eigenvalue weighted by Gasteiger charge is 2.19. The third-order valence-electron chi connectivity index (χ3n) is 5.09. The number of amides is 1. The Morgan fingerprint density at radius 2 is 2.03 bits per heavy atom. The van der Waals surface area contributed by atoms with E-state index in [1.807, 2.05) is 30.3 Å². The number of carbonyl (C=O) groups excluding carboxylic acids is 1. The summed E-state index contributed by atoms with van der Waals surface area (Å²) in [5.74, 6) is 1.37. The van der Waals surface area contributed by atoms with Crippen molar-refractivity contribution in [3.63, 3.8) is 0 Å². The minimum absolute atomic E-state index is 0.217. The van der Waals surface area contributed by atoms with Crippen LogP contribution in [0.15, 0.2) is 60.9 Å². The summed E-state index contributed by atoms with van der Waals surface area (Å²) in [7, 11) is 1.64. The van der Waals surface area contributed by atoms with Gasteiger partial charge in [0.25, 0.3) is 5.91 Å². The number of nitrogens with one attached hydrogen (secondary N) is 1. The van der Waals surface area contributed by atoms with Gasteiger partial charge in [-0.15, -0.1) is 0 Å². The zero-order chi connectivity index (χ0) is 20.1. The Morgan fingerprint density at radius 1 is 1.14 bits per heavy atom. The van der Waals surface area contributed by atoms with Gasteiger partial charge in [-0.3, -0.25) is 4.79 Å². The van der Waals surface area contributed by atoms with Crippen LogP contribution in [0.5, 0.6) is 5.75 Å². The molecule has 1 aliphatic rings. The average Bonchev–Trinajstić information content (AvgIpc) is 2.79. The molecule has 0 spiro atoms. The first-order valence-corrected chi connectivity index (χ1v) is 9.83. The number of carbonyl (C=O) groups is 1. The number of rotatable bonds is 6. The summed E-state index contributed by atoms with van der Waals surface area (Å²) >= 11 is 0. The largest absolute Gasteiger partial charge is 0.497 e. The molecule has 0 fully saturated rings. The monoisotopic (exact) mass is 388 g/mol. The van der Waals surface area contributed by atoms with Gasteiger partial charge in [0, 0.05) is 18.8 Å². The number of ether oxygens (including phenoxy) is 1. The van der Waals surface area contributed by atoms with Crippen LogP contribution in [-0.2, 0) is 12.8 Å². The molecule has 2 aromatic carbocycles. The van der Waals surface area contributed by atoms with Crippen LogP contribution in [0, 0.1) is 0 Å². The van der Waals surface area contributed by atoms with Crippen molar-refractivity contribution < 1.29 is 9.53 Å². The van der Waals surface area contributed by atoms with Gasteiger partial charge in [0.05, 0.1) is 19.5 Å². The normalized spacial score (nSPS) is 12.9. The number of aromatic nitrogens is 2. The Labute approximate surface area is 170 Å². The van der Waals surface area contributed by atoms with Crippen molar-refractivity contribution in [2.75, 3.05) is 25.1 Å². The van der Waals surface area contributed by atoms with E-state index in [1.54, 1.807) is 19.5 Å². The predicted octanol–water partition coefficient (Wildman–Crippen LogP) is 3.54. The van der Waals surface area contributed by atoms with Crippen molar-refractivity contribution >= 4 is 17.4 Å². The molecular formula is C23H24N4O2. The van der Waals surface area contributed by atoms with Crippen molar-refractivity contribution in [2.45, 2.75) is 19.3 Å². The molecule has 0 aliphatic carbocycles. The van der Waals surface area contributed by atoms with Crippen LogP contribution < -0.4 is 15.0 Å². The maximum atomic E-state index is 12.4. The number of aryl methyl sites for hydroxylation is 1. The van der Waals surface area contributed by atoms with E-state index in [0.29, 0.717) is 12.2 Å². The third kappa shape index (κ3) is 4.37. The lowest BCUT2D eigenvalue weighted by atomic mass is 10.0. The van der Waals surface area contributed by atoms with Crippen molar-refractivity contribution in [1.29, 1.82) is 0 Å². The maximum Gasteiger partial charge on any atom is 0.271 e. The highest BCUT2D eigenvalue weighted by Crippen LogP contribution is 2.31. The maximum absolute atomic E-state index is 12.4. The highest BCUT2D eigenvalue weighted by molar-refractivity contribution is 5.92. The Hall–Kier alpha value is -3.41. The number of hydrogen-bond donors (Lipinski definition) is 1. The van der Waals surface area contributed by atoms with E-state index in [-0.39, 0.29) is 5.91 Å². The average molecular weight is 388 g/mol. The Morgan fingerprint density at radius 3 is 2.86 bits per heavy atom. The Kier molecular flexibility index (Phi) is 5.70. The highest BCUT2D eigenvalue weighted by atomic mass is 16.5. The number of nitrogens with zero attached hydrogens (tertiary/aromatic N) is 3. The molecule has 148 valence electrons. The van der Waals surface area contributed by atoms with E-state index in [2.05, 4.69) is 38.4 Å². The second-order valence-electron chi connectivity index (χ2n) is 7.00. The molecule has 29 heavy (non-hydrogen) atoms. The third-order valence-corrected chi connectivity index (χ3v) is 5.09. The molecule has 4 rings (SSSR count). The molecular weight excluding hydrogens is 364 g/mol. The fourth-order valence-corrected chi connectivity index (χ4v) is 3.59. The molecule has 0 unspecified atom stereocenters. The van der Waals surface area contributed by atoms with Crippen molar-refractivity contribution in [2.24, 2.45) is 0 Å². The first kappa shape index (κ1) is 18.9. The predicted molar refractivity (Wildman–Crippen MR) is 113 cm³/mol. The van der Waals surface area contributed by atoms with Crippen molar-refractivity contribution in [3.8, 4) is 5.75 Å². The number of hydrogen-bond acceptors (Lipinski definition) is 5. The zero-order valence-corrected chi connectivity index (χ0v) is 16.5. The van der Waals surface area contributed by atoms with Crippen LogP contribution in [0.2, 0.25) is 0 Å². The van der Waals surface area contributed by atoms with Gasteiger partial charge in [0.15, 0.2) is 5.82 Å². The molecule has 6 nitrogen and oxygen atoms in total. The molecule has 0 saturated heterocycles. The van der Waals surface area contributed by atoms with E-state index in [9.17, 15) is 4.79 Å². The number of fused-ring (bicyclic) bond motifs is 1. The fraction of sp³-hybridized carbons (Fsp3) is 0.261. The molecule has 1 aliphatic heterocycles. The van der Waals surface area contributed by atoms with E-state index in [1.165, 1.54) is 11.3 Å². The lowest BCUT2D eigenvalue weighted by molar-refractivity contribution is 0.0949. The smallest absolute Gasteiger partial charge is 0.271 e. The van der Waals surface area contributed by atoms with Gasteiger partial charge in [0.2, 0.25) is 0 Å². The molecule has 1 N–H and O–H groups in total. The molecule has 6 heteroatoms. The van der Waals surface area contributed by atoms with Crippen LogP contribution in [0.1, 0.15) is 28.0 Å². The standard InChI is InChI=1S/C23H24N4O2/c1-29-19-9-4-6-17(14-19)11-12-24-23(28)20-15-26-22(16-25-20)27-13-5-8-18-7-2-3-10-21(18)27/h2-4,6-7,9-10,14-16H,5,8,11-13H2,1H3,(H,24,28). The van der Waals surface area contributed by atoms with Crippen LogP contribution in [-0.4, -0.2) is 36.1 Å². The first-order chi connectivity index (χ1) is 14.2. The van der Waals surface area contributed by atoms with E-state index in [4.69, 9.17) is 4.74 Å². The van der Waals surface area contributed by atoms with Crippen LogP contribution in [0.4, 0.5) is 11.5 Å². The number of para-hydroxylation sites is 1. The summed E-state index contributed by atoms with van der Waals surface area (Å²) in [5.41, 5.74) is 3.92. The van der Waals surface area contributed by atoms with Gasteiger partial charge in [-0.25, -0.2) is 9.97 Å².